The first kappa shape index (κ1) is 9.94. The molecule has 0 aliphatic heterocycles. The van der Waals surface area contributed by atoms with Gasteiger partial charge >= 0.3 is 0 Å². The van der Waals surface area contributed by atoms with Crippen LogP contribution in [0, 0.1) is 6.92 Å². The number of hydrogen-bond donors (Lipinski definition) is 1. The van der Waals surface area contributed by atoms with Crippen molar-refractivity contribution in [2.24, 2.45) is 0 Å². The van der Waals surface area contributed by atoms with Crippen molar-refractivity contribution in [2.75, 3.05) is 0 Å². The lowest BCUT2D eigenvalue weighted by molar-refractivity contribution is 0.282. The van der Waals surface area contributed by atoms with Crippen LogP contribution in [-0.4, -0.2) is 5.11 Å². The summed E-state index contributed by atoms with van der Waals surface area (Å²) < 4.78 is 0. The van der Waals surface area contributed by atoms with E-state index in [0.29, 0.717) is 0 Å². The van der Waals surface area contributed by atoms with Crippen molar-refractivity contribution in [3.05, 3.63) is 59.7 Å². The second-order valence-corrected chi connectivity index (χ2v) is 3.72. The summed E-state index contributed by atoms with van der Waals surface area (Å²) >= 11 is 0. The van der Waals surface area contributed by atoms with Crippen LogP contribution in [0.2, 0.25) is 0 Å². The Labute approximate surface area is 90.0 Å². The Balaban J connectivity index is 2.33. The minimum atomic E-state index is 0.105. The first-order chi connectivity index (χ1) is 7.29. The van der Waals surface area contributed by atoms with Crippen LogP contribution in [0.1, 0.15) is 11.1 Å². The van der Waals surface area contributed by atoms with E-state index in [1.807, 2.05) is 24.3 Å². The lowest BCUT2D eigenvalue weighted by atomic mass is 10.0. The fourth-order valence-corrected chi connectivity index (χ4v) is 1.55. The van der Waals surface area contributed by atoms with Gasteiger partial charge < -0.3 is 5.11 Å². The third-order valence-corrected chi connectivity index (χ3v) is 2.52. The molecule has 0 aliphatic carbocycles. The molecular formula is C14H14O. The van der Waals surface area contributed by atoms with E-state index in [1.165, 1.54) is 16.7 Å². The normalized spacial score (nSPS) is 10.3. The van der Waals surface area contributed by atoms with Gasteiger partial charge in [-0.05, 0) is 23.6 Å². The highest BCUT2D eigenvalue weighted by Gasteiger charge is 1.96. The van der Waals surface area contributed by atoms with Crippen LogP contribution in [0.5, 0.6) is 0 Å². The molecule has 0 saturated carbocycles. The van der Waals surface area contributed by atoms with Gasteiger partial charge in [0.2, 0.25) is 0 Å². The standard InChI is InChI=1S/C14H14O/c1-11-2-6-13(7-3-11)14-8-4-12(10-15)5-9-14/h2-9,15H,10H2,1H3. The fourth-order valence-electron chi connectivity index (χ4n) is 1.55. The molecule has 1 heteroatoms. The van der Waals surface area contributed by atoms with Crippen molar-refractivity contribution >= 4 is 0 Å². The van der Waals surface area contributed by atoms with Gasteiger partial charge in [-0.1, -0.05) is 54.1 Å². The Bertz CT molecular complexity index is 426. The summed E-state index contributed by atoms with van der Waals surface area (Å²) in [6.07, 6.45) is 0. The van der Waals surface area contributed by atoms with E-state index in [2.05, 4.69) is 31.2 Å². The molecule has 0 aliphatic rings. The van der Waals surface area contributed by atoms with Gasteiger partial charge in [-0.2, -0.15) is 0 Å². The number of hydrogen-bond acceptors (Lipinski definition) is 1. The van der Waals surface area contributed by atoms with E-state index >= 15 is 0 Å². The molecule has 0 amide bonds. The molecule has 1 N–H and O–H groups in total. The highest BCUT2D eigenvalue weighted by Crippen LogP contribution is 2.20. The lowest BCUT2D eigenvalue weighted by Crippen LogP contribution is -1.83. The third kappa shape index (κ3) is 2.25. The van der Waals surface area contributed by atoms with Crippen LogP contribution in [-0.2, 0) is 6.61 Å². The first-order valence-corrected chi connectivity index (χ1v) is 5.06. The van der Waals surface area contributed by atoms with Gasteiger partial charge in [0.15, 0.2) is 0 Å². The zero-order valence-electron chi connectivity index (χ0n) is 8.77. The molecule has 0 saturated heterocycles. The molecule has 0 spiro atoms. The minimum absolute atomic E-state index is 0.105. The summed E-state index contributed by atoms with van der Waals surface area (Å²) in [5, 5.41) is 8.94. The Morgan fingerprint density at radius 3 is 1.73 bits per heavy atom. The summed E-state index contributed by atoms with van der Waals surface area (Å²) in [4.78, 5) is 0. The second kappa shape index (κ2) is 4.28. The Hall–Kier alpha value is -1.60. The maximum Gasteiger partial charge on any atom is 0.0681 e. The molecule has 2 aromatic rings. The van der Waals surface area contributed by atoms with Gasteiger partial charge in [0.05, 0.1) is 6.61 Å². The van der Waals surface area contributed by atoms with Crippen molar-refractivity contribution in [3.63, 3.8) is 0 Å². The van der Waals surface area contributed by atoms with Crippen LogP contribution in [0.25, 0.3) is 11.1 Å². The molecular weight excluding hydrogens is 184 g/mol. The predicted octanol–water partition coefficient (Wildman–Crippen LogP) is 3.15. The van der Waals surface area contributed by atoms with E-state index in [-0.39, 0.29) is 6.61 Å². The van der Waals surface area contributed by atoms with E-state index in [1.54, 1.807) is 0 Å². The molecule has 0 fully saturated rings. The molecule has 0 unspecified atom stereocenters. The molecule has 0 atom stereocenters. The highest BCUT2D eigenvalue weighted by atomic mass is 16.3. The summed E-state index contributed by atoms with van der Waals surface area (Å²) in [6, 6.07) is 16.4. The van der Waals surface area contributed by atoms with Crippen molar-refractivity contribution in [1.82, 2.24) is 0 Å². The van der Waals surface area contributed by atoms with Gasteiger partial charge in [0.1, 0.15) is 0 Å². The SMILES string of the molecule is Cc1ccc(-c2ccc(CO)cc2)cc1. The Morgan fingerprint density at radius 1 is 0.800 bits per heavy atom. The molecule has 0 heterocycles. The van der Waals surface area contributed by atoms with Crippen molar-refractivity contribution < 1.29 is 5.11 Å². The minimum Gasteiger partial charge on any atom is -0.392 e. The van der Waals surface area contributed by atoms with Crippen LogP contribution < -0.4 is 0 Å². The second-order valence-electron chi connectivity index (χ2n) is 3.72. The molecule has 0 radical (unpaired) electrons. The fraction of sp³-hybridized carbons (Fsp3) is 0.143. The zero-order valence-corrected chi connectivity index (χ0v) is 8.77. The van der Waals surface area contributed by atoms with E-state index in [4.69, 9.17) is 5.11 Å². The summed E-state index contributed by atoms with van der Waals surface area (Å²) in [7, 11) is 0. The van der Waals surface area contributed by atoms with Gasteiger partial charge in [-0.25, -0.2) is 0 Å². The molecule has 2 rings (SSSR count). The average molecular weight is 198 g/mol. The monoisotopic (exact) mass is 198 g/mol. The van der Waals surface area contributed by atoms with Crippen molar-refractivity contribution in [3.8, 4) is 11.1 Å². The molecule has 15 heavy (non-hydrogen) atoms. The molecule has 1 nitrogen and oxygen atoms in total. The zero-order chi connectivity index (χ0) is 10.7. The van der Waals surface area contributed by atoms with E-state index < -0.39 is 0 Å². The van der Waals surface area contributed by atoms with Crippen LogP contribution in [0.3, 0.4) is 0 Å². The van der Waals surface area contributed by atoms with Crippen LogP contribution in [0.15, 0.2) is 48.5 Å². The maximum absolute atomic E-state index is 8.94. The smallest absolute Gasteiger partial charge is 0.0681 e. The van der Waals surface area contributed by atoms with Crippen molar-refractivity contribution in [2.45, 2.75) is 13.5 Å². The number of benzene rings is 2. The van der Waals surface area contributed by atoms with E-state index in [9.17, 15) is 0 Å². The number of aryl methyl sites for hydroxylation is 1. The number of rotatable bonds is 2. The average Bonchev–Trinajstić information content (AvgIpc) is 2.30. The summed E-state index contributed by atoms with van der Waals surface area (Å²) in [5.41, 5.74) is 4.62. The van der Waals surface area contributed by atoms with Crippen LogP contribution in [0.4, 0.5) is 0 Å². The lowest BCUT2D eigenvalue weighted by Gasteiger charge is -2.03. The summed E-state index contributed by atoms with van der Waals surface area (Å²) in [5.74, 6) is 0. The first-order valence-electron chi connectivity index (χ1n) is 5.06. The van der Waals surface area contributed by atoms with Crippen LogP contribution >= 0.6 is 0 Å². The quantitative estimate of drug-likeness (QED) is 0.786. The Kier molecular flexibility index (Phi) is 2.84. The third-order valence-electron chi connectivity index (χ3n) is 2.52. The number of aliphatic hydroxyl groups excluding tert-OH is 1. The van der Waals surface area contributed by atoms with Crippen molar-refractivity contribution in [1.29, 1.82) is 0 Å². The van der Waals surface area contributed by atoms with E-state index in [0.717, 1.165) is 5.56 Å². The maximum atomic E-state index is 8.94. The largest absolute Gasteiger partial charge is 0.392 e. The molecule has 0 bridgehead atoms. The van der Waals surface area contributed by atoms with Gasteiger partial charge in [0.25, 0.3) is 0 Å². The Morgan fingerprint density at radius 2 is 1.27 bits per heavy atom. The van der Waals surface area contributed by atoms with Gasteiger partial charge in [-0.3, -0.25) is 0 Å². The summed E-state index contributed by atoms with van der Waals surface area (Å²) in [6.45, 7) is 2.19. The number of aliphatic hydroxyl groups is 1. The molecule has 2 aromatic carbocycles. The van der Waals surface area contributed by atoms with Gasteiger partial charge in [-0.15, -0.1) is 0 Å². The molecule has 0 aromatic heterocycles. The predicted molar refractivity (Wildman–Crippen MR) is 62.5 cm³/mol. The topological polar surface area (TPSA) is 20.2 Å². The highest BCUT2D eigenvalue weighted by molar-refractivity contribution is 5.63. The molecule has 76 valence electrons. The van der Waals surface area contributed by atoms with Gasteiger partial charge in [0, 0.05) is 0 Å².